The summed E-state index contributed by atoms with van der Waals surface area (Å²) in [5.74, 6) is -0.529. The molecule has 5 aromatic rings. The molecule has 0 saturated heterocycles. The molecule has 164 valence electrons. The van der Waals surface area contributed by atoms with Gasteiger partial charge in [-0.1, -0.05) is 35.9 Å². The molecule has 2 N–H and O–H groups in total. The summed E-state index contributed by atoms with van der Waals surface area (Å²) in [6, 6.07) is 10.6. The van der Waals surface area contributed by atoms with Gasteiger partial charge < -0.3 is 10.3 Å². The predicted molar refractivity (Wildman–Crippen MR) is 125 cm³/mol. The first-order valence-electron chi connectivity index (χ1n) is 10.6. The van der Waals surface area contributed by atoms with Crippen molar-refractivity contribution in [2.75, 3.05) is 5.73 Å². The van der Waals surface area contributed by atoms with Crippen LogP contribution in [0.25, 0.3) is 32.9 Å². The molecule has 0 bridgehead atoms. The number of rotatable bonds is 4. The summed E-state index contributed by atoms with van der Waals surface area (Å²) in [6.07, 6.45) is 7.23. The van der Waals surface area contributed by atoms with Gasteiger partial charge in [0, 0.05) is 47.1 Å². The van der Waals surface area contributed by atoms with Crippen LogP contribution in [0.4, 0.5) is 14.6 Å². The maximum atomic E-state index is 15.7. The zero-order valence-electron chi connectivity index (χ0n) is 17.4. The number of nitrogens with zero attached hydrogens (tertiary/aromatic N) is 4. The highest BCUT2D eigenvalue weighted by atomic mass is 35.5. The molecule has 3 aromatic heterocycles. The Balaban J connectivity index is 1.45. The van der Waals surface area contributed by atoms with Crippen LogP contribution in [0.2, 0.25) is 5.02 Å². The number of halogens is 3. The van der Waals surface area contributed by atoms with Crippen LogP contribution in [0, 0.1) is 11.6 Å². The average Bonchev–Trinajstić information content (AvgIpc) is 3.58. The van der Waals surface area contributed by atoms with Crippen LogP contribution in [0.3, 0.4) is 0 Å². The molecule has 33 heavy (non-hydrogen) atoms. The minimum absolute atomic E-state index is 0.0672. The van der Waals surface area contributed by atoms with Crippen molar-refractivity contribution < 1.29 is 8.78 Å². The minimum atomic E-state index is -0.463. The van der Waals surface area contributed by atoms with Gasteiger partial charge in [-0.25, -0.2) is 18.7 Å². The molecule has 3 heterocycles. The Hall–Kier alpha value is -3.58. The van der Waals surface area contributed by atoms with E-state index in [4.69, 9.17) is 17.3 Å². The molecule has 0 amide bonds. The quantitative estimate of drug-likeness (QED) is 0.352. The monoisotopic (exact) mass is 461 g/mol. The number of hydrogen-bond acceptors (Lipinski definition) is 4. The lowest BCUT2D eigenvalue weighted by molar-refractivity contribution is 0.613. The standard InChI is InChI=1S/C25H18ClF2N5/c26-20-3-1-2-14(22(20)27)9-15-8-13-4-7-17(23(28)18(13)10-30-15)19-11-33(16-5-6-16)25-21(19)24(29)31-12-32-25/h1-4,7-8,10-12,16H,5-6,9H2,(H2,29,31,32). The van der Waals surface area contributed by atoms with Crippen molar-refractivity contribution >= 4 is 39.2 Å². The summed E-state index contributed by atoms with van der Waals surface area (Å²) in [4.78, 5) is 12.9. The number of fused-ring (bicyclic) bond motifs is 2. The van der Waals surface area contributed by atoms with E-state index in [-0.39, 0.29) is 11.4 Å². The van der Waals surface area contributed by atoms with Crippen molar-refractivity contribution in [1.29, 1.82) is 0 Å². The number of aromatic nitrogens is 4. The number of benzene rings is 2. The lowest BCUT2D eigenvalue weighted by Gasteiger charge is -2.09. The van der Waals surface area contributed by atoms with E-state index in [2.05, 4.69) is 19.5 Å². The zero-order chi connectivity index (χ0) is 22.7. The Morgan fingerprint density at radius 1 is 1.03 bits per heavy atom. The molecule has 0 atom stereocenters. The van der Waals surface area contributed by atoms with E-state index < -0.39 is 11.6 Å². The number of pyridine rings is 1. The molecule has 1 fully saturated rings. The van der Waals surface area contributed by atoms with Gasteiger partial charge in [0.25, 0.3) is 0 Å². The highest BCUT2D eigenvalue weighted by Gasteiger charge is 2.28. The maximum Gasteiger partial charge on any atom is 0.146 e. The fraction of sp³-hybridized carbons (Fsp3) is 0.160. The summed E-state index contributed by atoms with van der Waals surface area (Å²) in [7, 11) is 0. The first-order valence-corrected chi connectivity index (χ1v) is 11.0. The molecule has 1 aliphatic carbocycles. The van der Waals surface area contributed by atoms with E-state index in [0.717, 1.165) is 18.5 Å². The summed E-state index contributed by atoms with van der Waals surface area (Å²) in [5.41, 5.74) is 9.04. The Labute approximate surface area is 192 Å². The Bertz CT molecular complexity index is 1560. The fourth-order valence-corrected chi connectivity index (χ4v) is 4.55. The fourth-order valence-electron chi connectivity index (χ4n) is 4.36. The second-order valence-corrected chi connectivity index (χ2v) is 8.76. The Morgan fingerprint density at radius 2 is 1.88 bits per heavy atom. The first-order chi connectivity index (χ1) is 16.0. The largest absolute Gasteiger partial charge is 0.383 e. The molecule has 0 aliphatic heterocycles. The number of nitrogen functional groups attached to an aromatic ring is 1. The highest BCUT2D eigenvalue weighted by Crippen LogP contribution is 2.43. The van der Waals surface area contributed by atoms with Crippen LogP contribution in [0.5, 0.6) is 0 Å². The van der Waals surface area contributed by atoms with E-state index in [0.29, 0.717) is 50.4 Å². The number of hydrogen-bond donors (Lipinski definition) is 1. The lowest BCUT2D eigenvalue weighted by atomic mass is 10.00. The molecule has 1 saturated carbocycles. The van der Waals surface area contributed by atoms with E-state index >= 15 is 4.39 Å². The maximum absolute atomic E-state index is 15.7. The lowest BCUT2D eigenvalue weighted by Crippen LogP contribution is -1.97. The van der Waals surface area contributed by atoms with E-state index in [1.807, 2.05) is 12.3 Å². The van der Waals surface area contributed by atoms with Crippen molar-refractivity contribution in [3.63, 3.8) is 0 Å². The second kappa shape index (κ2) is 7.49. The van der Waals surface area contributed by atoms with Gasteiger partial charge in [-0.3, -0.25) is 4.98 Å². The second-order valence-electron chi connectivity index (χ2n) is 8.35. The van der Waals surface area contributed by atoms with E-state index in [1.165, 1.54) is 18.6 Å². The van der Waals surface area contributed by atoms with Gasteiger partial charge in [-0.2, -0.15) is 0 Å². The van der Waals surface area contributed by atoms with Crippen LogP contribution in [-0.4, -0.2) is 19.5 Å². The summed E-state index contributed by atoms with van der Waals surface area (Å²) in [6.45, 7) is 0. The van der Waals surface area contributed by atoms with Crippen LogP contribution < -0.4 is 5.73 Å². The topological polar surface area (TPSA) is 69.6 Å². The van der Waals surface area contributed by atoms with Crippen LogP contribution >= 0.6 is 11.6 Å². The third kappa shape index (κ3) is 3.31. The predicted octanol–water partition coefficient (Wildman–Crippen LogP) is 6.09. The average molecular weight is 462 g/mol. The van der Waals surface area contributed by atoms with Gasteiger partial charge in [0.2, 0.25) is 0 Å². The smallest absolute Gasteiger partial charge is 0.146 e. The van der Waals surface area contributed by atoms with Crippen molar-refractivity contribution in [2.45, 2.75) is 25.3 Å². The molecule has 2 aromatic carbocycles. The first kappa shape index (κ1) is 20.1. The summed E-state index contributed by atoms with van der Waals surface area (Å²) >= 11 is 5.88. The van der Waals surface area contributed by atoms with Crippen LogP contribution in [-0.2, 0) is 6.42 Å². The molecule has 0 unspecified atom stereocenters. The van der Waals surface area contributed by atoms with E-state index in [9.17, 15) is 4.39 Å². The van der Waals surface area contributed by atoms with Crippen LogP contribution in [0.1, 0.15) is 30.1 Å². The summed E-state index contributed by atoms with van der Waals surface area (Å²) < 4.78 is 32.1. The normalized spacial score (nSPS) is 13.8. The third-order valence-corrected chi connectivity index (χ3v) is 6.46. The number of nitrogens with two attached hydrogens (primary N) is 1. The molecule has 5 nitrogen and oxygen atoms in total. The third-order valence-electron chi connectivity index (χ3n) is 6.17. The molecule has 1 aliphatic rings. The van der Waals surface area contributed by atoms with Crippen molar-refractivity contribution in [3.05, 3.63) is 83.0 Å². The van der Waals surface area contributed by atoms with Gasteiger partial charge >= 0.3 is 0 Å². The van der Waals surface area contributed by atoms with Gasteiger partial charge in [-0.05, 0) is 35.9 Å². The van der Waals surface area contributed by atoms with Crippen molar-refractivity contribution in [2.24, 2.45) is 0 Å². The Kier molecular flexibility index (Phi) is 4.55. The van der Waals surface area contributed by atoms with Crippen molar-refractivity contribution in [3.8, 4) is 11.1 Å². The van der Waals surface area contributed by atoms with Crippen LogP contribution in [0.15, 0.2) is 55.1 Å². The molecule has 8 heteroatoms. The molecule has 0 radical (unpaired) electrons. The molecular formula is C25H18ClF2N5. The van der Waals surface area contributed by atoms with Gasteiger partial charge in [0.15, 0.2) is 0 Å². The van der Waals surface area contributed by atoms with Gasteiger partial charge in [0.05, 0.1) is 10.4 Å². The van der Waals surface area contributed by atoms with Gasteiger partial charge in [-0.15, -0.1) is 0 Å². The van der Waals surface area contributed by atoms with Gasteiger partial charge in [0.1, 0.15) is 29.4 Å². The highest BCUT2D eigenvalue weighted by molar-refractivity contribution is 6.30. The van der Waals surface area contributed by atoms with Crippen molar-refractivity contribution in [1.82, 2.24) is 19.5 Å². The molecule has 6 rings (SSSR count). The minimum Gasteiger partial charge on any atom is -0.383 e. The Morgan fingerprint density at radius 3 is 2.70 bits per heavy atom. The molecule has 0 spiro atoms. The zero-order valence-corrected chi connectivity index (χ0v) is 18.2. The summed E-state index contributed by atoms with van der Waals surface area (Å²) in [5, 5.41) is 1.78. The number of anilines is 1. The molecular weight excluding hydrogens is 444 g/mol. The SMILES string of the molecule is Nc1ncnc2c1c(-c1ccc3cc(Cc4cccc(Cl)c4F)ncc3c1F)cn2C1CC1. The van der Waals surface area contributed by atoms with E-state index in [1.54, 1.807) is 24.3 Å².